The number of hydrogen-bond donors (Lipinski definition) is 2. The van der Waals surface area contributed by atoms with Crippen molar-refractivity contribution in [2.75, 3.05) is 0 Å². The van der Waals surface area contributed by atoms with Gasteiger partial charge in [0.15, 0.2) is 0 Å². The van der Waals surface area contributed by atoms with Gasteiger partial charge in [-0.05, 0) is 17.9 Å². The smallest absolute Gasteiger partial charge is 0.316 e. The van der Waals surface area contributed by atoms with E-state index in [9.17, 15) is 4.79 Å². The van der Waals surface area contributed by atoms with Crippen LogP contribution in [0.2, 0.25) is 0 Å². The Balaban J connectivity index is 2.64. The minimum absolute atomic E-state index is 0.118. The first-order valence-corrected chi connectivity index (χ1v) is 3.94. The Morgan fingerprint density at radius 1 is 1.67 bits per heavy atom. The molecule has 0 saturated heterocycles. The Labute approximate surface area is 72.3 Å². The number of nitrogens with two attached hydrogens (primary N) is 1. The van der Waals surface area contributed by atoms with E-state index in [1.54, 1.807) is 0 Å². The normalized spacial score (nSPS) is 20.0. The summed E-state index contributed by atoms with van der Waals surface area (Å²) in [6, 6.07) is -0.493. The second kappa shape index (κ2) is 3.01. The van der Waals surface area contributed by atoms with E-state index in [0.29, 0.717) is 0 Å². The Kier molecular flexibility index (Phi) is 2.22. The zero-order valence-corrected chi connectivity index (χ0v) is 7.42. The van der Waals surface area contributed by atoms with Crippen LogP contribution in [-0.2, 0) is 0 Å². The lowest BCUT2D eigenvalue weighted by Crippen LogP contribution is -2.31. The lowest BCUT2D eigenvalue weighted by Gasteiger charge is -2.24. The number of carbonyl (C=O) groups excluding carboxylic acids is 1. The zero-order chi connectivity index (χ0) is 9.19. The maximum absolute atomic E-state index is 10.5. The van der Waals surface area contributed by atoms with Crippen molar-refractivity contribution in [3.8, 4) is 0 Å². The van der Waals surface area contributed by atoms with E-state index in [0.717, 1.165) is 12.1 Å². The molecule has 0 fully saturated rings. The molecule has 1 aliphatic rings. The van der Waals surface area contributed by atoms with Gasteiger partial charge in [-0.25, -0.2) is 4.79 Å². The van der Waals surface area contributed by atoms with Gasteiger partial charge in [0.05, 0.1) is 0 Å². The average Bonchev–Trinajstić information content (AvgIpc) is 1.82. The summed E-state index contributed by atoms with van der Waals surface area (Å²) in [5.41, 5.74) is 6.00. The summed E-state index contributed by atoms with van der Waals surface area (Å²) in [5, 5.41) is 2.59. The fourth-order valence-corrected chi connectivity index (χ4v) is 1.28. The molecular formula is C9H14N2O. The first-order chi connectivity index (χ1) is 5.49. The summed E-state index contributed by atoms with van der Waals surface area (Å²) in [6.07, 6.45) is 6.75. The number of hydrogen-bond acceptors (Lipinski definition) is 1. The van der Waals surface area contributed by atoms with Crippen molar-refractivity contribution in [3.05, 3.63) is 23.9 Å². The topological polar surface area (TPSA) is 55.1 Å². The third kappa shape index (κ3) is 2.42. The third-order valence-corrected chi connectivity index (χ3v) is 1.77. The molecule has 0 heterocycles. The van der Waals surface area contributed by atoms with Gasteiger partial charge in [0.25, 0.3) is 0 Å². The fraction of sp³-hybridized carbons (Fsp3) is 0.444. The van der Waals surface area contributed by atoms with Crippen molar-refractivity contribution >= 4 is 6.03 Å². The van der Waals surface area contributed by atoms with Crippen LogP contribution in [0.1, 0.15) is 20.3 Å². The van der Waals surface area contributed by atoms with Crippen LogP contribution >= 0.6 is 0 Å². The number of carbonyl (C=O) groups is 1. The van der Waals surface area contributed by atoms with E-state index in [-0.39, 0.29) is 5.41 Å². The van der Waals surface area contributed by atoms with Crippen LogP contribution in [0.3, 0.4) is 0 Å². The van der Waals surface area contributed by atoms with Crippen LogP contribution in [0.5, 0.6) is 0 Å². The molecule has 66 valence electrons. The second-order valence-corrected chi connectivity index (χ2v) is 3.71. The van der Waals surface area contributed by atoms with Crippen LogP contribution in [0.25, 0.3) is 0 Å². The molecule has 0 spiro atoms. The molecule has 1 rings (SSSR count). The van der Waals surface area contributed by atoms with Crippen molar-refractivity contribution in [1.82, 2.24) is 5.32 Å². The highest BCUT2D eigenvalue weighted by Crippen LogP contribution is 2.28. The number of rotatable bonds is 1. The lowest BCUT2D eigenvalue weighted by atomic mass is 9.84. The molecule has 0 atom stereocenters. The fourth-order valence-electron chi connectivity index (χ4n) is 1.28. The van der Waals surface area contributed by atoms with Crippen molar-refractivity contribution in [1.29, 1.82) is 0 Å². The standard InChI is InChI=1S/C9H14N2O/c1-9(2)5-3-4-7(6-9)11-8(10)12/h3-5H,6H2,1-2H3,(H3,10,11,12). The molecule has 12 heavy (non-hydrogen) atoms. The molecule has 0 radical (unpaired) electrons. The van der Waals surface area contributed by atoms with Gasteiger partial charge in [-0.15, -0.1) is 0 Å². The maximum Gasteiger partial charge on any atom is 0.316 e. The van der Waals surface area contributed by atoms with Crippen LogP contribution in [-0.4, -0.2) is 6.03 Å². The SMILES string of the molecule is CC1(C)C=CC=C(NC(N)=O)C1. The molecule has 0 aromatic carbocycles. The molecule has 0 saturated carbocycles. The summed E-state index contributed by atoms with van der Waals surface area (Å²) in [6.45, 7) is 4.22. The van der Waals surface area contributed by atoms with Crippen LogP contribution in [0.4, 0.5) is 4.79 Å². The third-order valence-electron chi connectivity index (χ3n) is 1.77. The van der Waals surface area contributed by atoms with Gasteiger partial charge in [0, 0.05) is 5.70 Å². The highest BCUT2D eigenvalue weighted by molar-refractivity contribution is 5.73. The average molecular weight is 166 g/mol. The highest BCUT2D eigenvalue weighted by Gasteiger charge is 2.18. The van der Waals surface area contributed by atoms with Crippen LogP contribution in [0.15, 0.2) is 23.9 Å². The van der Waals surface area contributed by atoms with Gasteiger partial charge in [-0.3, -0.25) is 0 Å². The lowest BCUT2D eigenvalue weighted by molar-refractivity contribution is 0.250. The summed E-state index contributed by atoms with van der Waals surface area (Å²) < 4.78 is 0. The van der Waals surface area contributed by atoms with Gasteiger partial charge < -0.3 is 11.1 Å². The quantitative estimate of drug-likeness (QED) is 0.609. The Hall–Kier alpha value is -1.25. The molecule has 2 amide bonds. The largest absolute Gasteiger partial charge is 0.351 e. The highest BCUT2D eigenvalue weighted by atomic mass is 16.2. The predicted octanol–water partition coefficient (Wildman–Crippen LogP) is 1.52. The number of nitrogens with one attached hydrogen (secondary N) is 1. The number of allylic oxidation sites excluding steroid dienone is 4. The summed E-state index contributed by atoms with van der Waals surface area (Å²) in [7, 11) is 0. The van der Waals surface area contributed by atoms with E-state index in [2.05, 4.69) is 25.2 Å². The van der Waals surface area contributed by atoms with Gasteiger partial charge in [0.1, 0.15) is 0 Å². The van der Waals surface area contributed by atoms with E-state index >= 15 is 0 Å². The van der Waals surface area contributed by atoms with Crippen molar-refractivity contribution in [2.45, 2.75) is 20.3 Å². The molecule has 0 unspecified atom stereocenters. The van der Waals surface area contributed by atoms with Crippen LogP contribution in [0, 0.1) is 5.41 Å². The molecule has 3 heteroatoms. The summed E-state index contributed by atoms with van der Waals surface area (Å²) in [4.78, 5) is 10.5. The molecular weight excluding hydrogens is 152 g/mol. The molecule has 3 nitrogen and oxygen atoms in total. The van der Waals surface area contributed by atoms with E-state index < -0.39 is 6.03 Å². The van der Waals surface area contributed by atoms with E-state index in [1.165, 1.54) is 0 Å². The Morgan fingerprint density at radius 2 is 2.33 bits per heavy atom. The van der Waals surface area contributed by atoms with Gasteiger partial charge in [0.2, 0.25) is 0 Å². The maximum atomic E-state index is 10.5. The monoisotopic (exact) mass is 166 g/mol. The number of amides is 2. The van der Waals surface area contributed by atoms with Crippen molar-refractivity contribution < 1.29 is 4.79 Å². The molecule has 0 bridgehead atoms. The molecule has 3 N–H and O–H groups in total. The first kappa shape index (κ1) is 8.84. The molecule has 0 aromatic heterocycles. The van der Waals surface area contributed by atoms with Gasteiger partial charge >= 0.3 is 6.03 Å². The van der Waals surface area contributed by atoms with Crippen molar-refractivity contribution in [3.63, 3.8) is 0 Å². The molecule has 0 aromatic rings. The van der Waals surface area contributed by atoms with Crippen molar-refractivity contribution in [2.24, 2.45) is 11.1 Å². The van der Waals surface area contributed by atoms with Gasteiger partial charge in [-0.2, -0.15) is 0 Å². The van der Waals surface area contributed by atoms with E-state index in [4.69, 9.17) is 5.73 Å². The Morgan fingerprint density at radius 3 is 2.83 bits per heavy atom. The predicted molar refractivity (Wildman–Crippen MR) is 48.3 cm³/mol. The van der Waals surface area contributed by atoms with Gasteiger partial charge in [-0.1, -0.05) is 26.0 Å². The minimum Gasteiger partial charge on any atom is -0.351 e. The van der Waals surface area contributed by atoms with E-state index in [1.807, 2.05) is 12.2 Å². The Bertz CT molecular complexity index is 251. The minimum atomic E-state index is -0.493. The van der Waals surface area contributed by atoms with Crippen LogP contribution < -0.4 is 11.1 Å². The summed E-state index contributed by atoms with van der Waals surface area (Å²) in [5.74, 6) is 0. The second-order valence-electron chi connectivity index (χ2n) is 3.71. The summed E-state index contributed by atoms with van der Waals surface area (Å²) >= 11 is 0. The first-order valence-electron chi connectivity index (χ1n) is 3.94. The molecule has 0 aliphatic heterocycles. The molecule has 1 aliphatic carbocycles. The zero-order valence-electron chi connectivity index (χ0n) is 7.42. The number of primary amides is 1. The number of urea groups is 1.